The lowest BCUT2D eigenvalue weighted by Gasteiger charge is -2.09. The molecule has 120 valence electrons. The van der Waals surface area contributed by atoms with E-state index in [1.54, 1.807) is 24.3 Å². The van der Waals surface area contributed by atoms with E-state index in [0.717, 1.165) is 28.9 Å². The highest BCUT2D eigenvalue weighted by atomic mass is 16.2. The molecule has 0 aromatic heterocycles. The molecule has 0 radical (unpaired) electrons. The molecule has 2 N–H and O–H groups in total. The van der Waals surface area contributed by atoms with Crippen molar-refractivity contribution >= 4 is 23.2 Å². The van der Waals surface area contributed by atoms with E-state index in [2.05, 4.69) is 10.6 Å². The molecule has 0 saturated carbocycles. The summed E-state index contributed by atoms with van der Waals surface area (Å²) in [6.45, 7) is 3.96. The monoisotopic (exact) mass is 310 g/mol. The Morgan fingerprint density at radius 2 is 1.43 bits per heavy atom. The number of rotatable bonds is 6. The molecule has 2 amide bonds. The topological polar surface area (TPSA) is 58.2 Å². The summed E-state index contributed by atoms with van der Waals surface area (Å²) >= 11 is 0. The SMILES string of the molecule is CCCC(=O)Nc1ccc(NC(=O)Cc2ccccc2C)cc1. The highest BCUT2D eigenvalue weighted by Gasteiger charge is 2.06. The van der Waals surface area contributed by atoms with E-state index in [4.69, 9.17) is 0 Å². The Balaban J connectivity index is 1.91. The van der Waals surface area contributed by atoms with Crippen LogP contribution in [0.5, 0.6) is 0 Å². The van der Waals surface area contributed by atoms with Gasteiger partial charge >= 0.3 is 0 Å². The van der Waals surface area contributed by atoms with Crippen molar-refractivity contribution in [3.8, 4) is 0 Å². The lowest BCUT2D eigenvalue weighted by molar-refractivity contribution is -0.116. The molecule has 2 aromatic carbocycles. The molecule has 4 nitrogen and oxygen atoms in total. The Morgan fingerprint density at radius 1 is 0.870 bits per heavy atom. The molecular weight excluding hydrogens is 288 g/mol. The van der Waals surface area contributed by atoms with Gasteiger partial charge in [-0.1, -0.05) is 31.2 Å². The van der Waals surface area contributed by atoms with E-state index in [-0.39, 0.29) is 11.8 Å². The number of aryl methyl sites for hydroxylation is 1. The molecule has 0 bridgehead atoms. The van der Waals surface area contributed by atoms with Crippen LogP contribution in [0.1, 0.15) is 30.9 Å². The first-order valence-electron chi connectivity index (χ1n) is 7.82. The minimum atomic E-state index is -0.0536. The number of hydrogen-bond acceptors (Lipinski definition) is 2. The van der Waals surface area contributed by atoms with Crippen molar-refractivity contribution in [3.05, 3.63) is 59.7 Å². The maximum Gasteiger partial charge on any atom is 0.228 e. The highest BCUT2D eigenvalue weighted by Crippen LogP contribution is 2.15. The first-order chi connectivity index (χ1) is 11.1. The van der Waals surface area contributed by atoms with E-state index >= 15 is 0 Å². The molecule has 2 rings (SSSR count). The van der Waals surface area contributed by atoms with Crippen LogP contribution in [-0.2, 0) is 16.0 Å². The van der Waals surface area contributed by atoms with Gasteiger partial charge in [-0.3, -0.25) is 9.59 Å². The molecule has 0 saturated heterocycles. The zero-order chi connectivity index (χ0) is 16.7. The van der Waals surface area contributed by atoms with Gasteiger partial charge in [0.25, 0.3) is 0 Å². The molecular formula is C19H22N2O2. The Hall–Kier alpha value is -2.62. The predicted molar refractivity (Wildman–Crippen MR) is 93.5 cm³/mol. The Labute approximate surface area is 136 Å². The first kappa shape index (κ1) is 16.7. The second kappa shape index (κ2) is 8.13. The zero-order valence-corrected chi connectivity index (χ0v) is 13.6. The van der Waals surface area contributed by atoms with Gasteiger partial charge in [0.2, 0.25) is 11.8 Å². The third-order valence-corrected chi connectivity index (χ3v) is 3.54. The van der Waals surface area contributed by atoms with Gasteiger partial charge in [-0.2, -0.15) is 0 Å². The van der Waals surface area contributed by atoms with Gasteiger partial charge in [0, 0.05) is 17.8 Å². The molecule has 0 aliphatic carbocycles. The predicted octanol–water partition coefficient (Wildman–Crippen LogP) is 3.91. The number of amides is 2. The van der Waals surface area contributed by atoms with E-state index in [9.17, 15) is 9.59 Å². The van der Waals surface area contributed by atoms with Crippen LogP contribution in [0, 0.1) is 6.92 Å². The number of anilines is 2. The number of hydrogen-bond donors (Lipinski definition) is 2. The second-order valence-corrected chi connectivity index (χ2v) is 5.53. The van der Waals surface area contributed by atoms with E-state index in [1.165, 1.54) is 0 Å². The van der Waals surface area contributed by atoms with Gasteiger partial charge in [0.05, 0.1) is 6.42 Å². The third-order valence-electron chi connectivity index (χ3n) is 3.54. The van der Waals surface area contributed by atoms with Gasteiger partial charge in [0.15, 0.2) is 0 Å². The summed E-state index contributed by atoms with van der Waals surface area (Å²) in [7, 11) is 0. The Kier molecular flexibility index (Phi) is 5.92. The molecule has 2 aromatic rings. The second-order valence-electron chi connectivity index (χ2n) is 5.53. The summed E-state index contributed by atoms with van der Waals surface area (Å²) in [6, 6.07) is 15.0. The number of benzene rings is 2. The van der Waals surface area contributed by atoms with Crippen molar-refractivity contribution in [1.82, 2.24) is 0 Å². The smallest absolute Gasteiger partial charge is 0.228 e. The first-order valence-corrected chi connectivity index (χ1v) is 7.82. The average molecular weight is 310 g/mol. The minimum Gasteiger partial charge on any atom is -0.326 e. The highest BCUT2D eigenvalue weighted by molar-refractivity contribution is 5.93. The van der Waals surface area contributed by atoms with E-state index < -0.39 is 0 Å². The molecule has 0 heterocycles. The number of carbonyl (C=O) groups is 2. The molecule has 0 fully saturated rings. The fourth-order valence-corrected chi connectivity index (χ4v) is 2.27. The Bertz CT molecular complexity index is 678. The minimum absolute atomic E-state index is 0.00355. The van der Waals surface area contributed by atoms with Crippen molar-refractivity contribution < 1.29 is 9.59 Å². The molecule has 0 spiro atoms. The average Bonchev–Trinajstić information content (AvgIpc) is 2.52. The van der Waals surface area contributed by atoms with Crippen LogP contribution in [0.3, 0.4) is 0 Å². The largest absolute Gasteiger partial charge is 0.326 e. The molecule has 0 unspecified atom stereocenters. The normalized spacial score (nSPS) is 10.2. The van der Waals surface area contributed by atoms with Gasteiger partial charge < -0.3 is 10.6 Å². The van der Waals surface area contributed by atoms with Crippen LogP contribution < -0.4 is 10.6 Å². The molecule has 0 aliphatic rings. The molecule has 0 aliphatic heterocycles. The maximum atomic E-state index is 12.1. The fourth-order valence-electron chi connectivity index (χ4n) is 2.27. The summed E-state index contributed by atoms with van der Waals surface area (Å²) in [5, 5.41) is 5.69. The number of nitrogens with one attached hydrogen (secondary N) is 2. The zero-order valence-electron chi connectivity index (χ0n) is 13.6. The van der Waals surface area contributed by atoms with Crippen LogP contribution in [0.25, 0.3) is 0 Å². The third kappa shape index (κ3) is 5.25. The Morgan fingerprint density at radius 3 is 2.00 bits per heavy atom. The lowest BCUT2D eigenvalue weighted by atomic mass is 10.1. The molecule has 4 heteroatoms. The van der Waals surface area contributed by atoms with Crippen LogP contribution in [0.15, 0.2) is 48.5 Å². The van der Waals surface area contributed by atoms with Crippen LogP contribution >= 0.6 is 0 Å². The summed E-state index contributed by atoms with van der Waals surface area (Å²) in [5.41, 5.74) is 3.59. The van der Waals surface area contributed by atoms with E-state index in [0.29, 0.717) is 12.8 Å². The van der Waals surface area contributed by atoms with Crippen molar-refractivity contribution in [2.24, 2.45) is 0 Å². The van der Waals surface area contributed by atoms with Crippen molar-refractivity contribution in [1.29, 1.82) is 0 Å². The molecule has 0 atom stereocenters. The van der Waals surface area contributed by atoms with Gasteiger partial charge in [-0.15, -0.1) is 0 Å². The van der Waals surface area contributed by atoms with Gasteiger partial charge in [0.1, 0.15) is 0 Å². The van der Waals surface area contributed by atoms with E-state index in [1.807, 2.05) is 38.1 Å². The quantitative estimate of drug-likeness (QED) is 0.849. The molecule has 23 heavy (non-hydrogen) atoms. The summed E-state index contributed by atoms with van der Waals surface area (Å²) < 4.78 is 0. The van der Waals surface area contributed by atoms with Crippen LogP contribution in [0.4, 0.5) is 11.4 Å². The van der Waals surface area contributed by atoms with Gasteiger partial charge in [-0.05, 0) is 48.7 Å². The lowest BCUT2D eigenvalue weighted by Crippen LogP contribution is -2.15. The van der Waals surface area contributed by atoms with Crippen LogP contribution in [-0.4, -0.2) is 11.8 Å². The fraction of sp³-hybridized carbons (Fsp3) is 0.263. The van der Waals surface area contributed by atoms with Crippen molar-refractivity contribution in [2.75, 3.05) is 10.6 Å². The van der Waals surface area contributed by atoms with Crippen molar-refractivity contribution in [2.45, 2.75) is 33.1 Å². The standard InChI is InChI=1S/C19H22N2O2/c1-3-6-18(22)20-16-9-11-17(12-10-16)21-19(23)13-15-8-5-4-7-14(15)2/h4-5,7-12H,3,6,13H2,1-2H3,(H,20,22)(H,21,23). The summed E-state index contributed by atoms with van der Waals surface area (Å²) in [6.07, 6.45) is 1.68. The maximum absolute atomic E-state index is 12.1. The summed E-state index contributed by atoms with van der Waals surface area (Å²) in [4.78, 5) is 23.6. The van der Waals surface area contributed by atoms with Crippen LogP contribution in [0.2, 0.25) is 0 Å². The van der Waals surface area contributed by atoms with Gasteiger partial charge in [-0.25, -0.2) is 0 Å². The summed E-state index contributed by atoms with van der Waals surface area (Å²) in [5.74, 6) is -0.0501. The number of carbonyl (C=O) groups excluding carboxylic acids is 2. The van der Waals surface area contributed by atoms with Crippen molar-refractivity contribution in [3.63, 3.8) is 0 Å².